The fraction of sp³-hybridized carbons (Fsp3) is 0.0588. The van der Waals surface area contributed by atoms with E-state index in [1.807, 2.05) is 6.92 Å². The van der Waals surface area contributed by atoms with Crippen molar-refractivity contribution in [3.63, 3.8) is 0 Å². The minimum absolute atomic E-state index is 0.0465. The van der Waals surface area contributed by atoms with Crippen molar-refractivity contribution in [1.29, 1.82) is 0 Å². The summed E-state index contributed by atoms with van der Waals surface area (Å²) < 4.78 is 27.7. The van der Waals surface area contributed by atoms with Crippen LogP contribution in [0.4, 0.5) is 5.13 Å². The van der Waals surface area contributed by atoms with Crippen molar-refractivity contribution in [3.8, 4) is 0 Å². The molecule has 0 atom stereocenters. The number of sulfonamides is 1. The molecule has 0 saturated heterocycles. The maximum atomic E-state index is 12.8. The Balaban J connectivity index is 1.85. The maximum Gasteiger partial charge on any atom is 0.278 e. The number of carbonyl (C=O) groups is 1. The summed E-state index contributed by atoms with van der Waals surface area (Å²) in [6, 6.07) is 10.1. The van der Waals surface area contributed by atoms with Crippen LogP contribution in [0.15, 0.2) is 53.2 Å². The Morgan fingerprint density at radius 2 is 2.00 bits per heavy atom. The van der Waals surface area contributed by atoms with Gasteiger partial charge in [0.05, 0.1) is 0 Å². The molecule has 1 aliphatic heterocycles. The van der Waals surface area contributed by atoms with E-state index in [1.165, 1.54) is 17.4 Å². The average molecular weight is 387 g/mol. The van der Waals surface area contributed by atoms with Gasteiger partial charge >= 0.3 is 0 Å². The Kier molecular flexibility index (Phi) is 3.70. The number of fused-ring (bicyclic) bond motifs is 3. The number of aryl methyl sites for hydroxylation is 1. The number of thiazole rings is 1. The van der Waals surface area contributed by atoms with Gasteiger partial charge in [0.2, 0.25) is 0 Å². The van der Waals surface area contributed by atoms with Crippen LogP contribution >= 0.6 is 11.3 Å². The SMILES string of the molecule is Cc1cnc(NC(=O)C2=C(O)c3ccc4ccccc4c3S(=O)(=O)N2)s1. The number of anilines is 1. The van der Waals surface area contributed by atoms with Crippen molar-refractivity contribution >= 4 is 48.9 Å². The van der Waals surface area contributed by atoms with Gasteiger partial charge in [-0.25, -0.2) is 13.4 Å². The third-order valence-electron chi connectivity index (χ3n) is 3.95. The zero-order valence-corrected chi connectivity index (χ0v) is 15.1. The van der Waals surface area contributed by atoms with Crippen molar-refractivity contribution in [3.05, 3.63) is 58.7 Å². The predicted octanol–water partition coefficient (Wildman–Crippen LogP) is 2.76. The van der Waals surface area contributed by atoms with E-state index in [4.69, 9.17) is 0 Å². The zero-order chi connectivity index (χ0) is 18.5. The van der Waals surface area contributed by atoms with Crippen molar-refractivity contribution in [2.45, 2.75) is 11.8 Å². The molecule has 4 rings (SSSR count). The summed E-state index contributed by atoms with van der Waals surface area (Å²) in [6.07, 6.45) is 1.58. The number of aliphatic hydroxyl groups excluding tert-OH is 1. The number of amides is 1. The van der Waals surface area contributed by atoms with E-state index in [0.717, 1.165) is 10.3 Å². The quantitative estimate of drug-likeness (QED) is 0.627. The van der Waals surface area contributed by atoms with Crippen molar-refractivity contribution < 1.29 is 18.3 Å². The van der Waals surface area contributed by atoms with Gasteiger partial charge in [0.15, 0.2) is 16.6 Å². The number of rotatable bonds is 2. The van der Waals surface area contributed by atoms with Gasteiger partial charge < -0.3 is 5.11 Å². The summed E-state index contributed by atoms with van der Waals surface area (Å²) in [5, 5.41) is 14.5. The van der Waals surface area contributed by atoms with Crippen LogP contribution in [0, 0.1) is 6.92 Å². The standard InChI is InChI=1S/C17H13N3O4S2/c1-9-8-18-17(25-9)19-16(22)13-14(21)12-7-6-10-4-2-3-5-11(10)15(12)26(23,24)20-13/h2-8,20-21H,1H3,(H,18,19,22). The number of carbonyl (C=O) groups excluding carboxylic acids is 1. The van der Waals surface area contributed by atoms with Crippen LogP contribution in [-0.2, 0) is 14.8 Å². The van der Waals surface area contributed by atoms with E-state index in [2.05, 4.69) is 15.0 Å². The molecule has 0 aliphatic carbocycles. The first kappa shape index (κ1) is 16.6. The van der Waals surface area contributed by atoms with Crippen LogP contribution in [0.25, 0.3) is 16.5 Å². The van der Waals surface area contributed by atoms with Gasteiger partial charge in [-0.05, 0) is 18.4 Å². The molecule has 0 bridgehead atoms. The predicted molar refractivity (Wildman–Crippen MR) is 99.3 cm³/mol. The first-order valence-corrected chi connectivity index (χ1v) is 9.89. The van der Waals surface area contributed by atoms with Gasteiger partial charge in [0.25, 0.3) is 15.9 Å². The van der Waals surface area contributed by atoms with Crippen LogP contribution in [0.5, 0.6) is 0 Å². The molecule has 9 heteroatoms. The second-order valence-electron chi connectivity index (χ2n) is 5.72. The van der Waals surface area contributed by atoms with Gasteiger partial charge in [-0.1, -0.05) is 30.3 Å². The summed E-state index contributed by atoms with van der Waals surface area (Å²) in [5.41, 5.74) is -0.344. The molecule has 1 aliphatic rings. The summed E-state index contributed by atoms with van der Waals surface area (Å²) in [5.74, 6) is -1.20. The number of benzene rings is 2. The van der Waals surface area contributed by atoms with Crippen LogP contribution in [0.1, 0.15) is 10.4 Å². The molecular weight excluding hydrogens is 374 g/mol. The van der Waals surface area contributed by atoms with E-state index in [-0.39, 0.29) is 10.5 Å². The normalized spacial score (nSPS) is 15.4. The van der Waals surface area contributed by atoms with Gasteiger partial charge in [-0.3, -0.25) is 14.8 Å². The van der Waals surface area contributed by atoms with Gasteiger partial charge in [0.1, 0.15) is 4.90 Å². The fourth-order valence-electron chi connectivity index (χ4n) is 2.81. The molecule has 26 heavy (non-hydrogen) atoms. The minimum atomic E-state index is -4.03. The minimum Gasteiger partial charge on any atom is -0.505 e. The summed E-state index contributed by atoms with van der Waals surface area (Å²) in [4.78, 5) is 17.3. The van der Waals surface area contributed by atoms with E-state index in [0.29, 0.717) is 10.5 Å². The van der Waals surface area contributed by atoms with Crippen LogP contribution < -0.4 is 10.0 Å². The van der Waals surface area contributed by atoms with E-state index in [9.17, 15) is 18.3 Å². The van der Waals surface area contributed by atoms with Crippen molar-refractivity contribution in [2.75, 3.05) is 5.32 Å². The Bertz CT molecular complexity index is 1200. The highest BCUT2D eigenvalue weighted by Gasteiger charge is 2.34. The van der Waals surface area contributed by atoms with Gasteiger partial charge in [-0.2, -0.15) is 0 Å². The van der Waals surface area contributed by atoms with Gasteiger partial charge in [0, 0.05) is 22.0 Å². The number of hydrogen-bond acceptors (Lipinski definition) is 6. The molecule has 2 aromatic carbocycles. The summed E-state index contributed by atoms with van der Waals surface area (Å²) >= 11 is 1.24. The monoisotopic (exact) mass is 387 g/mol. The number of aromatic nitrogens is 1. The zero-order valence-electron chi connectivity index (χ0n) is 13.5. The van der Waals surface area contributed by atoms with Crippen LogP contribution in [-0.4, -0.2) is 24.4 Å². The maximum absolute atomic E-state index is 12.8. The Morgan fingerprint density at radius 1 is 1.23 bits per heavy atom. The average Bonchev–Trinajstić information content (AvgIpc) is 3.02. The molecule has 0 saturated carbocycles. The van der Waals surface area contributed by atoms with Crippen molar-refractivity contribution in [1.82, 2.24) is 9.71 Å². The topological polar surface area (TPSA) is 108 Å². The lowest BCUT2D eigenvalue weighted by Crippen LogP contribution is -2.35. The molecule has 0 radical (unpaired) electrons. The molecule has 3 aromatic rings. The Labute approximate surface area is 153 Å². The smallest absolute Gasteiger partial charge is 0.278 e. The second kappa shape index (κ2) is 5.82. The highest BCUT2D eigenvalue weighted by molar-refractivity contribution is 7.90. The van der Waals surface area contributed by atoms with E-state index < -0.39 is 27.4 Å². The largest absolute Gasteiger partial charge is 0.505 e. The summed E-state index contributed by atoms with van der Waals surface area (Å²) in [6.45, 7) is 1.83. The lowest BCUT2D eigenvalue weighted by Gasteiger charge is -2.22. The number of nitrogens with zero attached hydrogens (tertiary/aromatic N) is 1. The molecule has 1 amide bonds. The number of nitrogens with one attached hydrogen (secondary N) is 2. The Hall–Kier alpha value is -2.91. The van der Waals surface area contributed by atoms with Crippen molar-refractivity contribution in [2.24, 2.45) is 0 Å². The number of hydrogen-bond donors (Lipinski definition) is 3. The Morgan fingerprint density at radius 3 is 2.73 bits per heavy atom. The molecule has 2 heterocycles. The molecule has 7 nitrogen and oxygen atoms in total. The number of aliphatic hydroxyl groups is 1. The second-order valence-corrected chi connectivity index (χ2v) is 8.58. The molecule has 1 aromatic heterocycles. The third-order valence-corrected chi connectivity index (χ3v) is 6.22. The van der Waals surface area contributed by atoms with Crippen LogP contribution in [0.2, 0.25) is 0 Å². The molecule has 0 fully saturated rings. The van der Waals surface area contributed by atoms with E-state index >= 15 is 0 Å². The lowest BCUT2D eigenvalue weighted by molar-refractivity contribution is -0.113. The molecule has 3 N–H and O–H groups in total. The lowest BCUT2D eigenvalue weighted by atomic mass is 10.0. The molecule has 0 unspecified atom stereocenters. The molecule has 0 spiro atoms. The van der Waals surface area contributed by atoms with Gasteiger partial charge in [-0.15, -0.1) is 11.3 Å². The highest BCUT2D eigenvalue weighted by Crippen LogP contribution is 2.35. The first-order valence-electron chi connectivity index (χ1n) is 7.59. The third kappa shape index (κ3) is 2.61. The fourth-order valence-corrected chi connectivity index (χ4v) is 4.96. The summed E-state index contributed by atoms with van der Waals surface area (Å²) in [7, 11) is -4.03. The van der Waals surface area contributed by atoms with E-state index in [1.54, 1.807) is 36.5 Å². The highest BCUT2D eigenvalue weighted by atomic mass is 32.2. The first-order chi connectivity index (χ1) is 12.4. The molecular formula is C17H13N3O4S2. The molecule has 132 valence electrons. The van der Waals surface area contributed by atoms with Crippen LogP contribution in [0.3, 0.4) is 0 Å².